The van der Waals surface area contributed by atoms with E-state index < -0.39 is 49.3 Å². The van der Waals surface area contributed by atoms with Crippen LogP contribution in [0.2, 0.25) is 0 Å². The lowest BCUT2D eigenvalue weighted by molar-refractivity contribution is -0.187. The maximum Gasteiger partial charge on any atom is 0.344 e. The predicted molar refractivity (Wildman–Crippen MR) is 254 cm³/mol. The Balaban J connectivity index is 0.000000163. The van der Waals surface area contributed by atoms with Crippen LogP contribution in [-0.4, -0.2) is 130 Å². The molecule has 0 aromatic heterocycles. The van der Waals surface area contributed by atoms with Gasteiger partial charge < -0.3 is 52.1 Å². The van der Waals surface area contributed by atoms with Crippen LogP contribution in [0.1, 0.15) is 138 Å². The minimum absolute atomic E-state index is 0.00972. The molecule has 18 unspecified atom stereocenters. The van der Waals surface area contributed by atoms with Crippen molar-refractivity contribution in [3.05, 3.63) is 0 Å². The highest BCUT2D eigenvalue weighted by Gasteiger charge is 2.54. The number of hydrogen-bond donors (Lipinski definition) is 0. The van der Waals surface area contributed by atoms with E-state index in [-0.39, 0.29) is 128 Å². The SMILES string of the molecule is CCC(C)C(=O)OCC(=O)OCC(=O)OC1C2CC3CC(C2)C(=O)OC1C3.CCC(C)C(=O)OCCOC(=O)COC1C2CC3CC(C2)C(=O)OC1C3.CCC(C)C(=O)OCOC1C2CC3CC(C2)C(=O)OC1C3. The first-order valence-electron chi connectivity index (χ1n) is 27.3. The molecule has 18 atom stereocenters. The van der Waals surface area contributed by atoms with Crippen molar-refractivity contribution in [2.24, 2.45) is 71.0 Å². The van der Waals surface area contributed by atoms with E-state index in [0.717, 1.165) is 70.6 Å². The average Bonchev–Trinajstić information content (AvgIpc) is 3.74. The topological polar surface area (TPSA) is 255 Å². The lowest BCUT2D eigenvalue weighted by atomic mass is 9.67. The molecule has 0 amide bonds. The first kappa shape index (κ1) is 56.9. The Kier molecular flexibility index (Phi) is 20.2. The van der Waals surface area contributed by atoms with Crippen LogP contribution in [0.25, 0.3) is 0 Å². The number of carbonyl (C=O) groups excluding carboxylic acids is 9. The van der Waals surface area contributed by atoms with Gasteiger partial charge in [-0.15, -0.1) is 0 Å². The second-order valence-electron chi connectivity index (χ2n) is 22.3. The highest BCUT2D eigenvalue weighted by molar-refractivity contribution is 5.80. The van der Waals surface area contributed by atoms with Gasteiger partial charge in [0.25, 0.3) is 0 Å². The summed E-state index contributed by atoms with van der Waals surface area (Å²) in [5.74, 6) is -1.67. The number of fused-ring (bicyclic) bond motifs is 3. The molecule has 6 heterocycles. The van der Waals surface area contributed by atoms with Crippen LogP contribution in [-0.2, 0) is 95.3 Å². The summed E-state index contributed by atoms with van der Waals surface area (Å²) in [5, 5.41) is 0. The zero-order chi connectivity index (χ0) is 53.2. The van der Waals surface area contributed by atoms with Gasteiger partial charge in [-0.1, -0.05) is 41.5 Å². The first-order chi connectivity index (χ1) is 35.4. The Morgan fingerprint density at radius 3 is 1.31 bits per heavy atom. The minimum atomic E-state index is -0.808. The second kappa shape index (κ2) is 26.3. The standard InChI is InChI=1S/C19H26O8.C19H28O7.C16H24O5/c1-3-10(2)18(22)25-8-15(20)24-9-16(21)27-17-12-4-11-5-13(7-12)19(23)26-14(17)6-11;1-3-11(2)18(21)24-5-4-23-16(20)10-25-17-13-6-12-7-14(9-13)19(22)26-15(17)8-12;1-3-9(2)15(17)20-8-19-14-11-4-10-5-12(7-11)16(18)21-13(14)6-10/h10-14,17H,3-9H2,1-2H3;11-15,17H,3-10H2,1-2H3;9-14H,3-8H2,1-2H3. The van der Waals surface area contributed by atoms with E-state index in [1.54, 1.807) is 13.8 Å². The lowest BCUT2D eigenvalue weighted by Gasteiger charge is -2.41. The van der Waals surface area contributed by atoms with Crippen molar-refractivity contribution >= 4 is 53.7 Å². The Labute approximate surface area is 433 Å². The van der Waals surface area contributed by atoms with Crippen molar-refractivity contribution < 1.29 is 95.3 Å². The third kappa shape index (κ3) is 14.7. The molecule has 414 valence electrons. The molecule has 6 saturated carbocycles. The van der Waals surface area contributed by atoms with Gasteiger partial charge >= 0.3 is 53.7 Å². The molecule has 12 fully saturated rings. The minimum Gasteiger partial charge on any atom is -0.462 e. The Hall–Kier alpha value is -4.85. The van der Waals surface area contributed by atoms with Gasteiger partial charge in [0, 0.05) is 5.92 Å². The molecule has 0 spiro atoms. The molecule has 6 aliphatic heterocycles. The Morgan fingerprint density at radius 2 is 0.824 bits per heavy atom. The third-order valence-corrected chi connectivity index (χ3v) is 17.0. The summed E-state index contributed by atoms with van der Waals surface area (Å²) in [4.78, 5) is 106. The van der Waals surface area contributed by atoms with E-state index in [1.807, 2.05) is 27.7 Å². The normalized spacial score (nSPS) is 34.5. The molecular formula is C54H78O20. The molecule has 0 aromatic rings. The molecule has 12 bridgehead atoms. The fourth-order valence-electron chi connectivity index (χ4n) is 12.6. The highest BCUT2D eigenvalue weighted by Crippen LogP contribution is 2.50. The summed E-state index contributed by atoms with van der Waals surface area (Å²) in [6.45, 7) is 9.79. The Bertz CT molecular complexity index is 2020. The van der Waals surface area contributed by atoms with Crippen LogP contribution in [0.4, 0.5) is 0 Å². The smallest absolute Gasteiger partial charge is 0.344 e. The van der Waals surface area contributed by atoms with E-state index in [0.29, 0.717) is 49.4 Å². The number of carbonyl (C=O) groups is 9. The van der Waals surface area contributed by atoms with Gasteiger partial charge in [0.05, 0.1) is 41.6 Å². The van der Waals surface area contributed by atoms with Gasteiger partial charge in [-0.3, -0.25) is 28.8 Å². The van der Waals surface area contributed by atoms with E-state index >= 15 is 0 Å². The molecule has 0 radical (unpaired) electrons. The van der Waals surface area contributed by atoms with E-state index in [2.05, 4.69) is 0 Å². The first-order valence-corrected chi connectivity index (χ1v) is 27.3. The summed E-state index contributed by atoms with van der Waals surface area (Å²) < 4.78 is 58.6. The maximum atomic E-state index is 12.1. The van der Waals surface area contributed by atoms with E-state index in [1.165, 1.54) is 0 Å². The number of esters is 9. The van der Waals surface area contributed by atoms with Crippen molar-refractivity contribution in [1.29, 1.82) is 0 Å². The molecule has 6 saturated heterocycles. The largest absolute Gasteiger partial charge is 0.462 e. The van der Waals surface area contributed by atoms with E-state index in [9.17, 15) is 43.2 Å². The quantitative estimate of drug-likeness (QED) is 0.0628. The van der Waals surface area contributed by atoms with Crippen molar-refractivity contribution in [1.82, 2.24) is 0 Å². The fraction of sp³-hybridized carbons (Fsp3) is 0.833. The van der Waals surface area contributed by atoms with Crippen molar-refractivity contribution in [3.63, 3.8) is 0 Å². The van der Waals surface area contributed by atoms with Crippen LogP contribution >= 0.6 is 0 Å². The number of ether oxygens (including phenoxy) is 11. The molecule has 6 aliphatic carbocycles. The zero-order valence-electron chi connectivity index (χ0n) is 43.9. The monoisotopic (exact) mass is 1050 g/mol. The van der Waals surface area contributed by atoms with Crippen LogP contribution in [0.3, 0.4) is 0 Å². The molecular weight excluding hydrogens is 969 g/mol. The molecule has 74 heavy (non-hydrogen) atoms. The van der Waals surface area contributed by atoms with Gasteiger partial charge in [0.1, 0.15) is 50.3 Å². The molecule has 12 rings (SSSR count). The summed E-state index contributed by atoms with van der Waals surface area (Å²) in [7, 11) is 0. The van der Waals surface area contributed by atoms with E-state index in [4.69, 9.17) is 52.1 Å². The van der Waals surface area contributed by atoms with Crippen LogP contribution in [0.15, 0.2) is 0 Å². The van der Waals surface area contributed by atoms with Gasteiger partial charge in [-0.05, 0) is 126 Å². The zero-order valence-corrected chi connectivity index (χ0v) is 43.9. The van der Waals surface area contributed by atoms with Gasteiger partial charge in [0.15, 0.2) is 20.0 Å². The summed E-state index contributed by atoms with van der Waals surface area (Å²) >= 11 is 0. The average molecular weight is 1050 g/mol. The second-order valence-corrected chi connectivity index (χ2v) is 22.3. The molecule has 20 heteroatoms. The van der Waals surface area contributed by atoms with Gasteiger partial charge in [0.2, 0.25) is 0 Å². The van der Waals surface area contributed by atoms with Crippen molar-refractivity contribution in [2.75, 3.05) is 39.8 Å². The summed E-state index contributed by atoms with van der Waals surface area (Å²) in [6.07, 6.45) is 11.0. The Morgan fingerprint density at radius 1 is 0.432 bits per heavy atom. The fourth-order valence-corrected chi connectivity index (χ4v) is 12.6. The van der Waals surface area contributed by atoms with Crippen LogP contribution in [0, 0.1) is 71.0 Å². The lowest BCUT2D eigenvalue weighted by Crippen LogP contribution is -2.45. The molecule has 12 aliphatic rings. The van der Waals surface area contributed by atoms with Gasteiger partial charge in [-0.2, -0.15) is 0 Å². The third-order valence-electron chi connectivity index (χ3n) is 17.0. The van der Waals surface area contributed by atoms with Gasteiger partial charge in [-0.25, -0.2) is 14.4 Å². The molecule has 20 nitrogen and oxygen atoms in total. The molecule has 0 aromatic carbocycles. The summed E-state index contributed by atoms with van der Waals surface area (Å²) in [6, 6.07) is 0. The van der Waals surface area contributed by atoms with Crippen LogP contribution in [0.5, 0.6) is 0 Å². The van der Waals surface area contributed by atoms with Crippen molar-refractivity contribution in [2.45, 2.75) is 174 Å². The predicted octanol–water partition coefficient (Wildman–Crippen LogP) is 5.54. The maximum absolute atomic E-state index is 12.1. The molecule has 0 N–H and O–H groups in total. The van der Waals surface area contributed by atoms with Crippen molar-refractivity contribution in [3.8, 4) is 0 Å². The van der Waals surface area contributed by atoms with Crippen LogP contribution < -0.4 is 0 Å². The number of rotatable bonds is 20. The number of hydrogen-bond acceptors (Lipinski definition) is 20. The highest BCUT2D eigenvalue weighted by atomic mass is 16.7. The summed E-state index contributed by atoms with van der Waals surface area (Å²) in [5.41, 5.74) is 0.